The van der Waals surface area contributed by atoms with Gasteiger partial charge in [0.25, 0.3) is 0 Å². The fourth-order valence-electron chi connectivity index (χ4n) is 1.65. The lowest BCUT2D eigenvalue weighted by Crippen LogP contribution is -2.45. The summed E-state index contributed by atoms with van der Waals surface area (Å²) in [5, 5.41) is 2.93. The molecule has 2 heterocycles. The van der Waals surface area contributed by atoms with E-state index in [9.17, 15) is 26.3 Å². The van der Waals surface area contributed by atoms with E-state index >= 15 is 0 Å². The molecule has 1 saturated heterocycles. The van der Waals surface area contributed by atoms with Crippen molar-refractivity contribution < 1.29 is 31.1 Å². The standard InChI is InChI=1S/C11H10F6N2O/c12-10(13,14)7-1-9(20-5-6-2-18-3-6)19-4-8(7)11(15,16)17/h1,4,6,18H,2-3,5H2. The number of aromatic nitrogens is 1. The van der Waals surface area contributed by atoms with Gasteiger partial charge in [0.1, 0.15) is 0 Å². The average Bonchev–Trinajstić information content (AvgIpc) is 2.24. The molecule has 2 rings (SSSR count). The first-order valence-electron chi connectivity index (χ1n) is 5.66. The second kappa shape index (κ2) is 5.12. The summed E-state index contributed by atoms with van der Waals surface area (Å²) < 4.78 is 80.4. The Kier molecular flexibility index (Phi) is 3.81. The number of rotatable bonds is 3. The normalized spacial score (nSPS) is 16.9. The molecular weight excluding hydrogens is 290 g/mol. The maximum atomic E-state index is 12.6. The molecule has 0 radical (unpaired) electrons. The lowest BCUT2D eigenvalue weighted by molar-refractivity contribution is -0.162. The lowest BCUT2D eigenvalue weighted by atomic mass is 10.1. The van der Waals surface area contributed by atoms with E-state index in [2.05, 4.69) is 10.3 Å². The molecule has 0 aliphatic carbocycles. The van der Waals surface area contributed by atoms with Gasteiger partial charge in [-0.05, 0) is 0 Å². The molecule has 1 aromatic heterocycles. The Morgan fingerprint density at radius 1 is 1.10 bits per heavy atom. The molecule has 1 N–H and O–H groups in total. The molecule has 1 aliphatic heterocycles. The van der Waals surface area contributed by atoms with Crippen LogP contribution in [0.1, 0.15) is 11.1 Å². The monoisotopic (exact) mass is 300 g/mol. The first kappa shape index (κ1) is 14.9. The van der Waals surface area contributed by atoms with Crippen LogP contribution in [0.3, 0.4) is 0 Å². The van der Waals surface area contributed by atoms with Gasteiger partial charge in [-0.1, -0.05) is 0 Å². The molecule has 3 nitrogen and oxygen atoms in total. The molecule has 112 valence electrons. The van der Waals surface area contributed by atoms with E-state index in [-0.39, 0.29) is 24.8 Å². The lowest BCUT2D eigenvalue weighted by Gasteiger charge is -2.26. The SMILES string of the molecule is FC(F)(F)c1cnc(OCC2CNC2)cc1C(F)(F)F. The molecule has 0 atom stereocenters. The Morgan fingerprint density at radius 3 is 2.15 bits per heavy atom. The van der Waals surface area contributed by atoms with Crippen LogP contribution in [-0.4, -0.2) is 24.7 Å². The number of nitrogens with zero attached hydrogens (tertiary/aromatic N) is 1. The smallest absolute Gasteiger partial charge is 0.418 e. The van der Waals surface area contributed by atoms with Gasteiger partial charge in [-0.2, -0.15) is 26.3 Å². The summed E-state index contributed by atoms with van der Waals surface area (Å²) in [6, 6.07) is 0.287. The Morgan fingerprint density at radius 2 is 1.70 bits per heavy atom. The van der Waals surface area contributed by atoms with E-state index in [1.807, 2.05) is 0 Å². The van der Waals surface area contributed by atoms with Crippen molar-refractivity contribution >= 4 is 0 Å². The minimum atomic E-state index is -5.12. The number of hydrogen-bond donors (Lipinski definition) is 1. The van der Waals surface area contributed by atoms with Crippen LogP contribution in [-0.2, 0) is 12.4 Å². The molecule has 1 aromatic rings. The van der Waals surface area contributed by atoms with Gasteiger partial charge in [0.2, 0.25) is 5.88 Å². The van der Waals surface area contributed by atoms with Gasteiger partial charge in [0.05, 0.1) is 17.7 Å². The summed E-state index contributed by atoms with van der Waals surface area (Å²) in [5.41, 5.74) is -3.61. The van der Waals surface area contributed by atoms with Crippen LogP contribution in [0.5, 0.6) is 5.88 Å². The van der Waals surface area contributed by atoms with Crippen LogP contribution in [0.2, 0.25) is 0 Å². The van der Waals surface area contributed by atoms with Crippen molar-refractivity contribution in [2.75, 3.05) is 19.7 Å². The highest BCUT2D eigenvalue weighted by molar-refractivity contribution is 5.33. The molecule has 1 fully saturated rings. The zero-order chi connectivity index (χ0) is 15.0. The highest BCUT2D eigenvalue weighted by Gasteiger charge is 2.43. The van der Waals surface area contributed by atoms with Crippen molar-refractivity contribution in [2.45, 2.75) is 12.4 Å². The minimum absolute atomic E-state index is 0.114. The molecular formula is C11H10F6N2O. The van der Waals surface area contributed by atoms with Crippen LogP contribution in [0, 0.1) is 5.92 Å². The van der Waals surface area contributed by atoms with E-state index in [1.54, 1.807) is 0 Å². The molecule has 0 amide bonds. The van der Waals surface area contributed by atoms with Gasteiger partial charge in [-0.3, -0.25) is 0 Å². The first-order chi connectivity index (χ1) is 9.18. The number of ether oxygens (including phenoxy) is 1. The largest absolute Gasteiger partial charge is 0.477 e. The van der Waals surface area contributed by atoms with E-state index < -0.39 is 29.4 Å². The van der Waals surface area contributed by atoms with Gasteiger partial charge < -0.3 is 10.1 Å². The van der Waals surface area contributed by atoms with E-state index in [1.165, 1.54) is 0 Å². The molecule has 0 unspecified atom stereocenters. The maximum Gasteiger partial charge on any atom is 0.418 e. The number of halogens is 6. The van der Waals surface area contributed by atoms with Crippen molar-refractivity contribution in [3.63, 3.8) is 0 Å². The predicted octanol–water partition coefficient (Wildman–Crippen LogP) is 2.72. The minimum Gasteiger partial charge on any atom is -0.477 e. The summed E-state index contributed by atoms with van der Waals surface area (Å²) in [6.45, 7) is 1.43. The Bertz CT molecular complexity index is 481. The Labute approximate surface area is 109 Å². The Balaban J connectivity index is 2.23. The summed E-state index contributed by atoms with van der Waals surface area (Å²) in [4.78, 5) is 3.29. The van der Waals surface area contributed by atoms with E-state index in [4.69, 9.17) is 4.74 Å². The van der Waals surface area contributed by atoms with Crippen LogP contribution in [0.25, 0.3) is 0 Å². The second-order valence-electron chi connectivity index (χ2n) is 4.40. The molecule has 0 bridgehead atoms. The highest BCUT2D eigenvalue weighted by Crippen LogP contribution is 2.40. The summed E-state index contributed by atoms with van der Waals surface area (Å²) in [6.07, 6.45) is -10.1. The van der Waals surface area contributed by atoms with Crippen LogP contribution in [0.15, 0.2) is 12.3 Å². The zero-order valence-corrected chi connectivity index (χ0v) is 9.98. The molecule has 1 aliphatic rings. The van der Waals surface area contributed by atoms with Gasteiger partial charge >= 0.3 is 12.4 Å². The van der Waals surface area contributed by atoms with E-state index in [0.29, 0.717) is 13.1 Å². The number of pyridine rings is 1. The fraction of sp³-hybridized carbons (Fsp3) is 0.545. The third-order valence-electron chi connectivity index (χ3n) is 2.82. The van der Waals surface area contributed by atoms with Crippen LogP contribution < -0.4 is 10.1 Å². The molecule has 9 heteroatoms. The fourth-order valence-corrected chi connectivity index (χ4v) is 1.65. The third kappa shape index (κ3) is 3.33. The van der Waals surface area contributed by atoms with Crippen molar-refractivity contribution in [3.05, 3.63) is 23.4 Å². The van der Waals surface area contributed by atoms with Crippen molar-refractivity contribution in [3.8, 4) is 5.88 Å². The quantitative estimate of drug-likeness (QED) is 0.872. The number of hydrogen-bond acceptors (Lipinski definition) is 3. The first-order valence-corrected chi connectivity index (χ1v) is 5.66. The topological polar surface area (TPSA) is 34.1 Å². The van der Waals surface area contributed by atoms with E-state index in [0.717, 1.165) is 0 Å². The highest BCUT2D eigenvalue weighted by atomic mass is 19.4. The molecule has 20 heavy (non-hydrogen) atoms. The number of alkyl halides is 6. The Hall–Kier alpha value is -1.51. The molecule has 0 aromatic carbocycles. The van der Waals surface area contributed by atoms with Crippen molar-refractivity contribution in [2.24, 2.45) is 5.92 Å². The summed E-state index contributed by atoms with van der Waals surface area (Å²) >= 11 is 0. The average molecular weight is 300 g/mol. The number of nitrogens with one attached hydrogen (secondary N) is 1. The van der Waals surface area contributed by atoms with Crippen LogP contribution in [0.4, 0.5) is 26.3 Å². The van der Waals surface area contributed by atoms with Gasteiger partial charge in [0.15, 0.2) is 0 Å². The molecule has 0 spiro atoms. The van der Waals surface area contributed by atoms with Gasteiger partial charge in [-0.25, -0.2) is 4.98 Å². The zero-order valence-electron chi connectivity index (χ0n) is 9.98. The summed E-state index contributed by atoms with van der Waals surface area (Å²) in [7, 11) is 0. The van der Waals surface area contributed by atoms with Crippen molar-refractivity contribution in [1.29, 1.82) is 0 Å². The van der Waals surface area contributed by atoms with Gasteiger partial charge in [-0.15, -0.1) is 0 Å². The van der Waals surface area contributed by atoms with Gasteiger partial charge in [0, 0.05) is 31.3 Å². The third-order valence-corrected chi connectivity index (χ3v) is 2.82. The van der Waals surface area contributed by atoms with Crippen molar-refractivity contribution in [1.82, 2.24) is 10.3 Å². The van der Waals surface area contributed by atoms with Crippen LogP contribution >= 0.6 is 0 Å². The second-order valence-corrected chi connectivity index (χ2v) is 4.40. The molecule has 0 saturated carbocycles. The summed E-state index contributed by atoms with van der Waals surface area (Å²) in [5.74, 6) is -0.328. The predicted molar refractivity (Wildman–Crippen MR) is 56.1 cm³/mol. The maximum absolute atomic E-state index is 12.6.